The van der Waals surface area contributed by atoms with E-state index in [0.717, 1.165) is 12.1 Å². The lowest BCUT2D eigenvalue weighted by atomic mass is 10.1. The second-order valence-electron chi connectivity index (χ2n) is 3.28. The minimum atomic E-state index is -5.67. The van der Waals surface area contributed by atoms with Crippen LogP contribution >= 0.6 is 0 Å². The molecule has 0 fully saturated rings. The molecule has 0 amide bonds. The van der Waals surface area contributed by atoms with Gasteiger partial charge in [0.05, 0.1) is 0 Å². The first-order chi connectivity index (χ1) is 8.17. The number of carbonyl (C=O) groups is 1. The number of halogens is 3. The molecule has 4 nitrogen and oxygen atoms in total. The lowest BCUT2D eigenvalue weighted by molar-refractivity contribution is -0.0500. The van der Waals surface area contributed by atoms with Gasteiger partial charge in [0.1, 0.15) is 5.75 Å². The molecule has 0 spiro atoms. The molecule has 0 aliphatic rings. The van der Waals surface area contributed by atoms with E-state index >= 15 is 0 Å². The number of hydrogen-bond acceptors (Lipinski definition) is 4. The Kier molecular flexibility index (Phi) is 4.00. The average molecular weight is 282 g/mol. The Morgan fingerprint density at radius 1 is 1.22 bits per heavy atom. The van der Waals surface area contributed by atoms with Crippen molar-refractivity contribution < 1.29 is 30.6 Å². The molecule has 18 heavy (non-hydrogen) atoms. The van der Waals surface area contributed by atoms with Gasteiger partial charge in [-0.2, -0.15) is 21.6 Å². The van der Waals surface area contributed by atoms with Crippen LogP contribution in [0.25, 0.3) is 0 Å². The summed E-state index contributed by atoms with van der Waals surface area (Å²) in [4.78, 5) is 11.2. The Hall–Kier alpha value is -1.57. The highest BCUT2D eigenvalue weighted by atomic mass is 32.2. The molecule has 1 rings (SSSR count). The molecule has 0 unspecified atom stereocenters. The second kappa shape index (κ2) is 4.97. The Morgan fingerprint density at radius 2 is 1.72 bits per heavy atom. The van der Waals surface area contributed by atoms with Gasteiger partial charge < -0.3 is 4.18 Å². The van der Waals surface area contributed by atoms with Gasteiger partial charge in [-0.05, 0) is 24.3 Å². The van der Waals surface area contributed by atoms with Crippen LogP contribution in [-0.4, -0.2) is 19.7 Å². The van der Waals surface area contributed by atoms with Crippen LogP contribution in [0.1, 0.15) is 23.7 Å². The molecular formula is C10H9F3O4S. The fraction of sp³-hybridized carbons (Fsp3) is 0.300. The molecular weight excluding hydrogens is 273 g/mol. The van der Waals surface area contributed by atoms with E-state index in [0.29, 0.717) is 0 Å². The Labute approximate surface area is 101 Å². The van der Waals surface area contributed by atoms with Crippen molar-refractivity contribution in [3.05, 3.63) is 29.8 Å². The van der Waals surface area contributed by atoms with E-state index in [-0.39, 0.29) is 17.8 Å². The first-order valence-electron chi connectivity index (χ1n) is 4.81. The smallest absolute Gasteiger partial charge is 0.376 e. The summed E-state index contributed by atoms with van der Waals surface area (Å²) in [5.74, 6) is -0.708. The quantitative estimate of drug-likeness (QED) is 0.483. The van der Waals surface area contributed by atoms with Crippen molar-refractivity contribution >= 4 is 15.9 Å². The molecule has 0 aliphatic carbocycles. The average Bonchev–Trinajstić information content (AvgIpc) is 2.27. The van der Waals surface area contributed by atoms with Crippen molar-refractivity contribution in [2.45, 2.75) is 18.9 Å². The van der Waals surface area contributed by atoms with E-state index in [1.807, 2.05) is 0 Å². The lowest BCUT2D eigenvalue weighted by Gasteiger charge is -2.09. The molecule has 1 aromatic carbocycles. The second-order valence-corrected chi connectivity index (χ2v) is 4.82. The van der Waals surface area contributed by atoms with Gasteiger partial charge in [0.15, 0.2) is 5.78 Å². The molecule has 0 saturated heterocycles. The normalized spacial score (nSPS) is 12.2. The number of benzene rings is 1. The molecule has 100 valence electrons. The van der Waals surface area contributed by atoms with Crippen molar-refractivity contribution in [1.82, 2.24) is 0 Å². The molecule has 8 heteroatoms. The summed E-state index contributed by atoms with van der Waals surface area (Å²) >= 11 is 0. The van der Waals surface area contributed by atoms with Crippen LogP contribution in [0.4, 0.5) is 13.2 Å². The molecule has 0 atom stereocenters. The van der Waals surface area contributed by atoms with Crippen LogP contribution in [0.5, 0.6) is 5.75 Å². The van der Waals surface area contributed by atoms with Gasteiger partial charge in [-0.15, -0.1) is 0 Å². The minimum absolute atomic E-state index is 0.208. The van der Waals surface area contributed by atoms with E-state index < -0.39 is 21.4 Å². The summed E-state index contributed by atoms with van der Waals surface area (Å²) in [5.41, 5.74) is -5.21. The number of Topliss-reactive ketones (excluding diaryl/α,β-unsaturated/α-hetero) is 1. The summed E-state index contributed by atoms with van der Waals surface area (Å²) in [6.07, 6.45) is 0.237. The Bertz CT molecular complexity index is 531. The van der Waals surface area contributed by atoms with Crippen LogP contribution < -0.4 is 4.18 Å². The third kappa shape index (κ3) is 3.22. The monoisotopic (exact) mass is 282 g/mol. The SMILES string of the molecule is CCC(=O)c1ccc(OS(=O)(=O)C(F)(F)F)cc1. The molecule has 0 aromatic heterocycles. The summed E-state index contributed by atoms with van der Waals surface area (Å²) in [6, 6.07) is 4.39. The predicted molar refractivity (Wildman–Crippen MR) is 56.7 cm³/mol. The highest BCUT2D eigenvalue weighted by molar-refractivity contribution is 7.87. The molecule has 0 heterocycles. The van der Waals surface area contributed by atoms with Gasteiger partial charge in [0, 0.05) is 12.0 Å². The molecule has 0 aliphatic heterocycles. The maximum absolute atomic E-state index is 12.0. The van der Waals surface area contributed by atoms with Crippen LogP contribution in [0.15, 0.2) is 24.3 Å². The van der Waals surface area contributed by atoms with Gasteiger partial charge >= 0.3 is 15.6 Å². The van der Waals surface area contributed by atoms with Crippen LogP contribution in [-0.2, 0) is 10.1 Å². The molecule has 1 aromatic rings. The van der Waals surface area contributed by atoms with Gasteiger partial charge in [-0.25, -0.2) is 0 Å². The molecule has 0 N–H and O–H groups in total. The number of carbonyl (C=O) groups excluding carboxylic acids is 1. The topological polar surface area (TPSA) is 60.4 Å². The van der Waals surface area contributed by atoms with Gasteiger partial charge in [0.25, 0.3) is 0 Å². The van der Waals surface area contributed by atoms with Gasteiger partial charge in [0.2, 0.25) is 0 Å². The predicted octanol–water partition coefficient (Wildman–Crippen LogP) is 2.51. The molecule has 0 bridgehead atoms. The van der Waals surface area contributed by atoms with Crippen molar-refractivity contribution in [3.63, 3.8) is 0 Å². The highest BCUT2D eigenvalue weighted by Crippen LogP contribution is 2.27. The molecule has 0 saturated carbocycles. The Morgan fingerprint density at radius 3 is 2.11 bits per heavy atom. The van der Waals surface area contributed by atoms with Crippen LogP contribution in [0.3, 0.4) is 0 Å². The van der Waals surface area contributed by atoms with Crippen LogP contribution in [0.2, 0.25) is 0 Å². The maximum Gasteiger partial charge on any atom is 0.534 e. The zero-order valence-corrected chi connectivity index (χ0v) is 10.0. The number of rotatable bonds is 4. The number of ketones is 1. The lowest BCUT2D eigenvalue weighted by Crippen LogP contribution is -2.28. The summed E-state index contributed by atoms with van der Waals surface area (Å²) < 4.78 is 61.3. The maximum atomic E-state index is 12.0. The number of hydrogen-bond donors (Lipinski definition) is 0. The van der Waals surface area contributed by atoms with Crippen molar-refractivity contribution in [3.8, 4) is 5.75 Å². The summed E-state index contributed by atoms with van der Waals surface area (Å²) in [6.45, 7) is 1.63. The van der Waals surface area contributed by atoms with Crippen LogP contribution in [0, 0.1) is 0 Å². The fourth-order valence-electron chi connectivity index (χ4n) is 1.07. The Balaban J connectivity index is 2.92. The largest absolute Gasteiger partial charge is 0.534 e. The third-order valence-corrected chi connectivity index (χ3v) is 2.97. The fourth-order valence-corrected chi connectivity index (χ4v) is 1.53. The van der Waals surface area contributed by atoms with Gasteiger partial charge in [-0.1, -0.05) is 6.92 Å². The van der Waals surface area contributed by atoms with Crippen molar-refractivity contribution in [2.75, 3.05) is 0 Å². The molecule has 0 radical (unpaired) electrons. The zero-order chi connectivity index (χ0) is 14.0. The summed E-state index contributed by atoms with van der Waals surface area (Å²) in [7, 11) is -5.67. The van der Waals surface area contributed by atoms with E-state index in [4.69, 9.17) is 0 Å². The summed E-state index contributed by atoms with van der Waals surface area (Å²) in [5, 5.41) is 0. The van der Waals surface area contributed by atoms with Crippen molar-refractivity contribution in [2.24, 2.45) is 0 Å². The number of alkyl halides is 3. The zero-order valence-electron chi connectivity index (χ0n) is 9.19. The first kappa shape index (κ1) is 14.5. The van der Waals surface area contributed by atoms with E-state index in [1.54, 1.807) is 6.92 Å². The first-order valence-corrected chi connectivity index (χ1v) is 6.22. The van der Waals surface area contributed by atoms with E-state index in [1.165, 1.54) is 12.1 Å². The van der Waals surface area contributed by atoms with Gasteiger partial charge in [-0.3, -0.25) is 4.79 Å². The highest BCUT2D eigenvalue weighted by Gasteiger charge is 2.48. The van der Waals surface area contributed by atoms with E-state index in [2.05, 4.69) is 4.18 Å². The van der Waals surface area contributed by atoms with Crippen molar-refractivity contribution in [1.29, 1.82) is 0 Å². The standard InChI is InChI=1S/C10H9F3O4S/c1-2-9(14)7-3-5-8(6-4-7)17-18(15,16)10(11,12)13/h3-6H,2H2,1H3. The van der Waals surface area contributed by atoms with E-state index in [9.17, 15) is 26.4 Å². The third-order valence-electron chi connectivity index (χ3n) is 1.99. The minimum Gasteiger partial charge on any atom is -0.376 e.